The Balaban J connectivity index is 1.85. The van der Waals surface area contributed by atoms with Crippen molar-refractivity contribution in [1.29, 1.82) is 0 Å². The van der Waals surface area contributed by atoms with Gasteiger partial charge in [-0.2, -0.15) is 5.10 Å². The topological polar surface area (TPSA) is 89.6 Å². The molecule has 0 radical (unpaired) electrons. The molecule has 0 unspecified atom stereocenters. The second-order valence-corrected chi connectivity index (χ2v) is 7.26. The van der Waals surface area contributed by atoms with Crippen LogP contribution in [0.3, 0.4) is 0 Å². The number of ether oxygens (including phenoxy) is 1. The van der Waals surface area contributed by atoms with Crippen molar-refractivity contribution >= 4 is 28.1 Å². The normalized spacial score (nSPS) is 12.1. The van der Waals surface area contributed by atoms with E-state index in [1.54, 1.807) is 12.3 Å². The summed E-state index contributed by atoms with van der Waals surface area (Å²) in [5, 5.41) is 6.24. The molecule has 0 fully saturated rings. The zero-order valence-electron chi connectivity index (χ0n) is 14.3. The number of nitrogens with two attached hydrogens (primary N) is 1. The first-order valence-electron chi connectivity index (χ1n) is 7.53. The van der Waals surface area contributed by atoms with Gasteiger partial charge in [-0.1, -0.05) is 32.9 Å². The van der Waals surface area contributed by atoms with Gasteiger partial charge in [0.1, 0.15) is 5.75 Å². The molecule has 0 aliphatic carbocycles. The summed E-state index contributed by atoms with van der Waals surface area (Å²) in [5.41, 5.74) is 10.5. The maximum Gasteiger partial charge on any atom is 0.277 e. The molecule has 1 amide bonds. The number of nitrogens with zero attached hydrogens (tertiary/aromatic N) is 2. The van der Waals surface area contributed by atoms with Gasteiger partial charge in [-0.3, -0.25) is 4.79 Å². The van der Waals surface area contributed by atoms with E-state index in [2.05, 4.69) is 36.3 Å². The number of nitrogen functional groups attached to an aromatic ring is 1. The van der Waals surface area contributed by atoms with Gasteiger partial charge in [-0.25, -0.2) is 10.4 Å². The van der Waals surface area contributed by atoms with Crippen molar-refractivity contribution in [2.45, 2.75) is 33.1 Å². The molecule has 0 aliphatic heterocycles. The van der Waals surface area contributed by atoms with Crippen molar-refractivity contribution in [2.75, 3.05) is 12.3 Å². The lowest BCUT2D eigenvalue weighted by molar-refractivity contribution is -0.123. The molecule has 128 valence electrons. The van der Waals surface area contributed by atoms with E-state index in [1.807, 2.05) is 24.3 Å². The Morgan fingerprint density at radius 2 is 2.00 bits per heavy atom. The lowest BCUT2D eigenvalue weighted by atomic mass is 9.87. The molecular formula is C17H22N4O2S. The van der Waals surface area contributed by atoms with Gasteiger partial charge in [0.05, 0.1) is 11.4 Å². The van der Waals surface area contributed by atoms with Crippen LogP contribution in [0.5, 0.6) is 5.75 Å². The molecule has 2 rings (SSSR count). The highest BCUT2D eigenvalue weighted by atomic mass is 32.1. The van der Waals surface area contributed by atoms with Gasteiger partial charge in [0, 0.05) is 5.38 Å². The molecule has 1 aromatic heterocycles. The summed E-state index contributed by atoms with van der Waals surface area (Å²) in [5.74, 6) is 0.309. The van der Waals surface area contributed by atoms with Crippen LogP contribution in [0.15, 0.2) is 34.7 Å². The van der Waals surface area contributed by atoms with Crippen LogP contribution in [0, 0.1) is 0 Å². The first-order valence-corrected chi connectivity index (χ1v) is 8.41. The van der Waals surface area contributed by atoms with Gasteiger partial charge in [0.2, 0.25) is 0 Å². The Labute approximate surface area is 145 Å². The highest BCUT2D eigenvalue weighted by Crippen LogP contribution is 2.24. The monoisotopic (exact) mass is 346 g/mol. The molecule has 0 atom stereocenters. The summed E-state index contributed by atoms with van der Waals surface area (Å²) >= 11 is 1.33. The smallest absolute Gasteiger partial charge is 0.277 e. The highest BCUT2D eigenvalue weighted by Gasteiger charge is 2.13. The fourth-order valence-corrected chi connectivity index (χ4v) is 2.50. The van der Waals surface area contributed by atoms with E-state index in [0.717, 1.165) is 0 Å². The second kappa shape index (κ2) is 7.44. The minimum atomic E-state index is -0.336. The molecule has 0 aliphatic rings. The van der Waals surface area contributed by atoms with Crippen LogP contribution in [-0.2, 0) is 10.2 Å². The molecule has 1 aromatic carbocycles. The Hall–Kier alpha value is -2.41. The van der Waals surface area contributed by atoms with Crippen molar-refractivity contribution in [2.24, 2.45) is 5.10 Å². The fourth-order valence-electron chi connectivity index (χ4n) is 1.89. The number of nitrogens with one attached hydrogen (secondary N) is 1. The van der Waals surface area contributed by atoms with Crippen LogP contribution in [0.4, 0.5) is 5.13 Å². The first-order chi connectivity index (χ1) is 11.3. The molecule has 7 heteroatoms. The third kappa shape index (κ3) is 5.06. The number of anilines is 1. The van der Waals surface area contributed by atoms with Crippen LogP contribution in [0.1, 0.15) is 39.0 Å². The van der Waals surface area contributed by atoms with Crippen LogP contribution in [0.2, 0.25) is 0 Å². The maximum absolute atomic E-state index is 11.8. The van der Waals surface area contributed by atoms with E-state index < -0.39 is 0 Å². The fraction of sp³-hybridized carbons (Fsp3) is 0.353. The molecule has 0 saturated carbocycles. The number of carbonyl (C=O) groups is 1. The molecular weight excluding hydrogens is 324 g/mol. The molecule has 0 spiro atoms. The van der Waals surface area contributed by atoms with Crippen molar-refractivity contribution in [3.05, 3.63) is 40.9 Å². The zero-order chi connectivity index (χ0) is 17.7. The average Bonchev–Trinajstić information content (AvgIpc) is 2.96. The van der Waals surface area contributed by atoms with E-state index in [-0.39, 0.29) is 17.9 Å². The Kier molecular flexibility index (Phi) is 5.56. The Morgan fingerprint density at radius 1 is 1.33 bits per heavy atom. The van der Waals surface area contributed by atoms with Gasteiger partial charge < -0.3 is 10.5 Å². The van der Waals surface area contributed by atoms with E-state index in [0.29, 0.717) is 22.3 Å². The van der Waals surface area contributed by atoms with Gasteiger partial charge in [-0.05, 0) is 30.0 Å². The third-order valence-corrected chi connectivity index (χ3v) is 4.01. The largest absolute Gasteiger partial charge is 0.484 e. The molecule has 1 heterocycles. The van der Waals surface area contributed by atoms with Gasteiger partial charge in [-0.15, -0.1) is 11.3 Å². The minimum absolute atomic E-state index is 0.0846. The molecule has 0 bridgehead atoms. The average molecular weight is 346 g/mol. The predicted molar refractivity (Wildman–Crippen MR) is 97.5 cm³/mol. The predicted octanol–water partition coefficient (Wildman–Crippen LogP) is 2.94. The number of carbonyl (C=O) groups excluding carboxylic acids is 1. The van der Waals surface area contributed by atoms with E-state index in [1.165, 1.54) is 16.9 Å². The van der Waals surface area contributed by atoms with Crippen molar-refractivity contribution in [3.63, 3.8) is 0 Å². The van der Waals surface area contributed by atoms with Crippen molar-refractivity contribution in [3.8, 4) is 5.75 Å². The van der Waals surface area contributed by atoms with E-state index in [4.69, 9.17) is 10.5 Å². The number of aromatic nitrogens is 1. The third-order valence-electron chi connectivity index (χ3n) is 3.33. The maximum atomic E-state index is 11.8. The molecule has 3 N–H and O–H groups in total. The van der Waals surface area contributed by atoms with E-state index in [9.17, 15) is 4.79 Å². The molecule has 6 nitrogen and oxygen atoms in total. The summed E-state index contributed by atoms with van der Waals surface area (Å²) in [6, 6.07) is 7.73. The molecule has 24 heavy (non-hydrogen) atoms. The quantitative estimate of drug-likeness (QED) is 0.643. The van der Waals surface area contributed by atoms with E-state index >= 15 is 0 Å². The molecule has 0 saturated heterocycles. The Bertz CT molecular complexity index is 730. The van der Waals surface area contributed by atoms with Crippen LogP contribution >= 0.6 is 11.3 Å². The van der Waals surface area contributed by atoms with Crippen LogP contribution in [0.25, 0.3) is 0 Å². The minimum Gasteiger partial charge on any atom is -0.484 e. The number of thiazole rings is 1. The van der Waals surface area contributed by atoms with Gasteiger partial charge >= 0.3 is 0 Å². The SMILES string of the molecule is CC(=NNC(=O)COc1ccc(C(C)(C)C)cc1)c1csc(N)n1. The highest BCUT2D eigenvalue weighted by molar-refractivity contribution is 7.13. The van der Waals surface area contributed by atoms with Crippen molar-refractivity contribution < 1.29 is 9.53 Å². The molecule has 2 aromatic rings. The number of hydrogen-bond acceptors (Lipinski definition) is 6. The van der Waals surface area contributed by atoms with Crippen molar-refractivity contribution in [1.82, 2.24) is 10.4 Å². The van der Waals surface area contributed by atoms with Gasteiger partial charge in [0.15, 0.2) is 11.7 Å². The number of hydrogen-bond donors (Lipinski definition) is 2. The summed E-state index contributed by atoms with van der Waals surface area (Å²) in [6.45, 7) is 8.08. The summed E-state index contributed by atoms with van der Waals surface area (Å²) in [7, 11) is 0. The second-order valence-electron chi connectivity index (χ2n) is 6.37. The Morgan fingerprint density at radius 3 is 2.54 bits per heavy atom. The number of hydrazone groups is 1. The summed E-state index contributed by atoms with van der Waals surface area (Å²) < 4.78 is 5.46. The first kappa shape index (κ1) is 17.9. The zero-order valence-corrected chi connectivity index (χ0v) is 15.1. The van der Waals surface area contributed by atoms with Crippen LogP contribution in [-0.4, -0.2) is 23.2 Å². The number of amides is 1. The van der Waals surface area contributed by atoms with Gasteiger partial charge in [0.25, 0.3) is 5.91 Å². The summed E-state index contributed by atoms with van der Waals surface area (Å²) in [6.07, 6.45) is 0. The lowest BCUT2D eigenvalue weighted by Gasteiger charge is -2.19. The van der Waals surface area contributed by atoms with Crippen LogP contribution < -0.4 is 15.9 Å². The number of benzene rings is 1. The number of rotatable bonds is 5. The lowest BCUT2D eigenvalue weighted by Crippen LogP contribution is -2.25. The summed E-state index contributed by atoms with van der Waals surface area (Å²) in [4.78, 5) is 15.9. The standard InChI is InChI=1S/C17H22N4O2S/c1-11(14-10-24-16(18)19-14)20-21-15(22)9-23-13-7-5-12(6-8-13)17(2,3)4/h5-8,10H,9H2,1-4H3,(H2,18,19)(H,21,22).